The molecule has 0 aliphatic carbocycles. The highest BCUT2D eigenvalue weighted by atomic mass is 32.2. The van der Waals surface area contributed by atoms with Gasteiger partial charge in [-0.1, -0.05) is 0 Å². The molecule has 0 spiro atoms. The Labute approximate surface area is 134 Å². The van der Waals surface area contributed by atoms with Crippen LogP contribution in [0.5, 0.6) is 5.75 Å². The van der Waals surface area contributed by atoms with E-state index in [0.29, 0.717) is 13.0 Å². The van der Waals surface area contributed by atoms with Crippen molar-refractivity contribution in [3.8, 4) is 5.75 Å². The van der Waals surface area contributed by atoms with Gasteiger partial charge in [0.15, 0.2) is 0 Å². The van der Waals surface area contributed by atoms with Gasteiger partial charge in [-0.15, -0.1) is 0 Å². The summed E-state index contributed by atoms with van der Waals surface area (Å²) in [4.78, 5) is 28.4. The summed E-state index contributed by atoms with van der Waals surface area (Å²) in [5.74, 6) is 2.69. The fourth-order valence-electron chi connectivity index (χ4n) is 2.93. The molecule has 2 aliphatic heterocycles. The van der Waals surface area contributed by atoms with Gasteiger partial charge in [0.2, 0.25) is 11.8 Å². The van der Waals surface area contributed by atoms with Crippen LogP contribution in [0.15, 0.2) is 24.3 Å². The van der Waals surface area contributed by atoms with E-state index in [4.69, 9.17) is 4.74 Å². The third kappa shape index (κ3) is 3.06. The molecular weight excluding hydrogens is 300 g/mol. The quantitative estimate of drug-likeness (QED) is 0.849. The fourth-order valence-corrected chi connectivity index (χ4v) is 3.83. The second kappa shape index (κ2) is 6.60. The Kier molecular flexibility index (Phi) is 4.57. The average molecular weight is 320 g/mol. The van der Waals surface area contributed by atoms with Gasteiger partial charge in [0, 0.05) is 43.2 Å². The summed E-state index contributed by atoms with van der Waals surface area (Å²) in [7, 11) is 1.61. The molecule has 22 heavy (non-hydrogen) atoms. The molecule has 2 heterocycles. The third-order valence-corrected chi connectivity index (χ3v) is 5.12. The molecule has 5 nitrogen and oxygen atoms in total. The van der Waals surface area contributed by atoms with Gasteiger partial charge in [-0.05, 0) is 24.3 Å². The van der Waals surface area contributed by atoms with E-state index in [-0.39, 0.29) is 17.7 Å². The Morgan fingerprint density at radius 1 is 1.23 bits per heavy atom. The number of methoxy groups -OCH3 is 1. The van der Waals surface area contributed by atoms with Crippen LogP contribution in [0.25, 0.3) is 0 Å². The Bertz CT molecular complexity index is 555. The number of hydrogen-bond acceptors (Lipinski definition) is 4. The van der Waals surface area contributed by atoms with Gasteiger partial charge in [-0.2, -0.15) is 11.8 Å². The van der Waals surface area contributed by atoms with E-state index in [0.717, 1.165) is 36.0 Å². The number of carbonyl (C=O) groups is 2. The molecule has 0 bridgehead atoms. The molecule has 1 aromatic rings. The van der Waals surface area contributed by atoms with E-state index in [9.17, 15) is 9.59 Å². The maximum atomic E-state index is 12.5. The zero-order valence-corrected chi connectivity index (χ0v) is 13.5. The van der Waals surface area contributed by atoms with Crippen LogP contribution in [0, 0.1) is 5.92 Å². The number of carbonyl (C=O) groups excluding carboxylic acids is 2. The number of hydrogen-bond donors (Lipinski definition) is 0. The van der Waals surface area contributed by atoms with E-state index < -0.39 is 0 Å². The summed E-state index contributed by atoms with van der Waals surface area (Å²) in [5, 5.41) is 0. The predicted molar refractivity (Wildman–Crippen MR) is 87.4 cm³/mol. The van der Waals surface area contributed by atoms with Gasteiger partial charge in [-0.25, -0.2) is 0 Å². The molecule has 2 amide bonds. The summed E-state index contributed by atoms with van der Waals surface area (Å²) >= 11 is 1.88. The number of ether oxygens (including phenoxy) is 1. The van der Waals surface area contributed by atoms with Crippen molar-refractivity contribution in [2.75, 3.05) is 43.1 Å². The van der Waals surface area contributed by atoms with Crippen molar-refractivity contribution in [2.24, 2.45) is 5.92 Å². The molecular formula is C16H20N2O3S. The van der Waals surface area contributed by atoms with E-state index in [1.807, 2.05) is 40.9 Å². The number of thioether (sulfide) groups is 1. The first-order valence-electron chi connectivity index (χ1n) is 7.50. The highest BCUT2D eigenvalue weighted by Crippen LogP contribution is 2.28. The average Bonchev–Trinajstić information content (AvgIpc) is 2.97. The summed E-state index contributed by atoms with van der Waals surface area (Å²) in [6.45, 7) is 2.08. The van der Waals surface area contributed by atoms with Crippen LogP contribution in [-0.4, -0.2) is 55.0 Å². The molecule has 0 saturated carbocycles. The molecule has 0 aromatic heterocycles. The first kappa shape index (κ1) is 15.2. The Morgan fingerprint density at radius 2 is 1.91 bits per heavy atom. The first-order chi connectivity index (χ1) is 10.7. The summed E-state index contributed by atoms with van der Waals surface area (Å²) in [6, 6.07) is 7.39. The van der Waals surface area contributed by atoms with Crippen LogP contribution in [0.2, 0.25) is 0 Å². The highest BCUT2D eigenvalue weighted by molar-refractivity contribution is 7.99. The molecule has 0 unspecified atom stereocenters. The Hall–Kier alpha value is -1.69. The number of benzene rings is 1. The minimum Gasteiger partial charge on any atom is -0.497 e. The van der Waals surface area contributed by atoms with Crippen LogP contribution >= 0.6 is 11.8 Å². The largest absolute Gasteiger partial charge is 0.497 e. The Morgan fingerprint density at radius 3 is 2.55 bits per heavy atom. The van der Waals surface area contributed by atoms with E-state index in [2.05, 4.69) is 0 Å². The lowest BCUT2D eigenvalue weighted by Crippen LogP contribution is -2.42. The lowest BCUT2D eigenvalue weighted by atomic mass is 10.1. The van der Waals surface area contributed by atoms with Crippen molar-refractivity contribution in [1.82, 2.24) is 4.90 Å². The molecule has 2 saturated heterocycles. The lowest BCUT2D eigenvalue weighted by Gasteiger charge is -2.28. The van der Waals surface area contributed by atoms with E-state index in [1.165, 1.54) is 0 Å². The first-order valence-corrected chi connectivity index (χ1v) is 8.65. The van der Waals surface area contributed by atoms with E-state index >= 15 is 0 Å². The van der Waals surface area contributed by atoms with Crippen molar-refractivity contribution in [2.45, 2.75) is 6.42 Å². The van der Waals surface area contributed by atoms with Gasteiger partial charge < -0.3 is 14.5 Å². The van der Waals surface area contributed by atoms with Gasteiger partial charge in [0.05, 0.1) is 13.0 Å². The number of anilines is 1. The normalized spacial score (nSPS) is 22.0. The monoisotopic (exact) mass is 320 g/mol. The fraction of sp³-hybridized carbons (Fsp3) is 0.500. The van der Waals surface area contributed by atoms with Crippen molar-refractivity contribution < 1.29 is 14.3 Å². The molecule has 0 N–H and O–H groups in total. The van der Waals surface area contributed by atoms with Crippen LogP contribution in [0.1, 0.15) is 6.42 Å². The second-order valence-corrected chi connectivity index (χ2v) is 6.77. The maximum absolute atomic E-state index is 12.5. The topological polar surface area (TPSA) is 49.9 Å². The maximum Gasteiger partial charge on any atom is 0.228 e. The number of nitrogens with zero attached hydrogens (tertiary/aromatic N) is 2. The smallest absolute Gasteiger partial charge is 0.228 e. The van der Waals surface area contributed by atoms with Crippen molar-refractivity contribution in [1.29, 1.82) is 0 Å². The minimum atomic E-state index is -0.210. The molecule has 1 aromatic carbocycles. The molecule has 2 fully saturated rings. The van der Waals surface area contributed by atoms with Crippen LogP contribution in [-0.2, 0) is 9.59 Å². The summed E-state index contributed by atoms with van der Waals surface area (Å²) < 4.78 is 5.13. The SMILES string of the molecule is COc1ccc(N2C[C@H](C(=O)N3CCSCC3)CC2=O)cc1. The Balaban J connectivity index is 1.68. The van der Waals surface area contributed by atoms with Crippen molar-refractivity contribution in [3.63, 3.8) is 0 Å². The van der Waals surface area contributed by atoms with Gasteiger partial charge in [0.25, 0.3) is 0 Å². The zero-order valence-electron chi connectivity index (χ0n) is 12.7. The highest BCUT2D eigenvalue weighted by Gasteiger charge is 2.37. The molecule has 1 atom stereocenters. The third-order valence-electron chi connectivity index (χ3n) is 4.18. The minimum absolute atomic E-state index is 0.0231. The standard InChI is InChI=1S/C16H20N2O3S/c1-21-14-4-2-13(3-5-14)18-11-12(10-15(18)19)16(20)17-6-8-22-9-7-17/h2-5,12H,6-11H2,1H3/t12-/m1/s1. The van der Waals surface area contributed by atoms with Crippen molar-refractivity contribution in [3.05, 3.63) is 24.3 Å². The molecule has 0 radical (unpaired) electrons. The molecule has 3 rings (SSSR count). The van der Waals surface area contributed by atoms with Gasteiger partial charge in [0.1, 0.15) is 5.75 Å². The van der Waals surface area contributed by atoms with E-state index in [1.54, 1.807) is 12.0 Å². The number of amides is 2. The zero-order chi connectivity index (χ0) is 15.5. The molecule has 2 aliphatic rings. The van der Waals surface area contributed by atoms with Gasteiger partial charge >= 0.3 is 0 Å². The lowest BCUT2D eigenvalue weighted by molar-refractivity contribution is -0.135. The van der Waals surface area contributed by atoms with Crippen molar-refractivity contribution >= 4 is 29.3 Å². The summed E-state index contributed by atoms with van der Waals surface area (Å²) in [6.07, 6.45) is 0.314. The van der Waals surface area contributed by atoms with Gasteiger partial charge in [-0.3, -0.25) is 9.59 Å². The molecule has 118 valence electrons. The molecule has 6 heteroatoms. The number of rotatable bonds is 3. The van der Waals surface area contributed by atoms with Crippen LogP contribution < -0.4 is 9.64 Å². The van der Waals surface area contributed by atoms with Crippen LogP contribution in [0.4, 0.5) is 5.69 Å². The predicted octanol–water partition coefficient (Wildman–Crippen LogP) is 1.62. The summed E-state index contributed by atoms with van der Waals surface area (Å²) in [5.41, 5.74) is 0.829. The van der Waals surface area contributed by atoms with Crippen LogP contribution in [0.3, 0.4) is 0 Å². The second-order valence-electron chi connectivity index (χ2n) is 5.54.